The molecule has 0 spiro atoms. The largest absolute Gasteiger partial charge is 0.469 e. The zero-order valence-electron chi connectivity index (χ0n) is 11.3. The number of fused-ring (bicyclic) bond motifs is 1. The van der Waals surface area contributed by atoms with Gasteiger partial charge in [-0.15, -0.1) is 0 Å². The summed E-state index contributed by atoms with van der Waals surface area (Å²) >= 11 is 0. The number of hydrogen-bond donors (Lipinski definition) is 0. The van der Waals surface area contributed by atoms with Gasteiger partial charge in [0.1, 0.15) is 0 Å². The lowest BCUT2D eigenvalue weighted by atomic mass is 9.93. The van der Waals surface area contributed by atoms with Crippen LogP contribution in [0, 0.1) is 5.41 Å². The summed E-state index contributed by atoms with van der Waals surface area (Å²) in [5, 5.41) is 0.901. The number of aromatic nitrogens is 1. The quantitative estimate of drug-likeness (QED) is 0.626. The summed E-state index contributed by atoms with van der Waals surface area (Å²) in [6.45, 7) is 4.19. The molecule has 0 radical (unpaired) electrons. The monoisotopic (exact) mass is 259 g/mol. The van der Waals surface area contributed by atoms with Crippen LogP contribution in [0.1, 0.15) is 24.2 Å². The van der Waals surface area contributed by atoms with Crippen LogP contribution < -0.4 is 0 Å². The van der Waals surface area contributed by atoms with E-state index in [1.807, 2.05) is 42.8 Å². The number of methoxy groups -OCH3 is 1. The van der Waals surface area contributed by atoms with Crippen molar-refractivity contribution in [2.75, 3.05) is 7.11 Å². The third-order valence-electron chi connectivity index (χ3n) is 3.28. The molecule has 0 unspecified atom stereocenters. The molecule has 100 valence electrons. The van der Waals surface area contributed by atoms with Gasteiger partial charge in [0.2, 0.25) is 0 Å². The predicted octanol–water partition coefficient (Wildman–Crippen LogP) is 2.65. The van der Waals surface area contributed by atoms with Crippen molar-refractivity contribution in [2.24, 2.45) is 5.41 Å². The Morgan fingerprint density at radius 2 is 2.11 bits per heavy atom. The Balaban J connectivity index is 2.42. The highest BCUT2D eigenvalue weighted by Gasteiger charge is 2.29. The van der Waals surface area contributed by atoms with Gasteiger partial charge < -0.3 is 9.30 Å². The van der Waals surface area contributed by atoms with Crippen molar-refractivity contribution in [3.63, 3.8) is 0 Å². The Morgan fingerprint density at radius 1 is 1.37 bits per heavy atom. The van der Waals surface area contributed by atoms with E-state index in [2.05, 4.69) is 0 Å². The Kier molecular flexibility index (Phi) is 3.42. The number of rotatable bonds is 4. The zero-order chi connectivity index (χ0) is 14.0. The van der Waals surface area contributed by atoms with Gasteiger partial charge in [0.15, 0.2) is 6.29 Å². The van der Waals surface area contributed by atoms with Gasteiger partial charge in [-0.3, -0.25) is 9.59 Å². The average molecular weight is 259 g/mol. The highest BCUT2D eigenvalue weighted by Crippen LogP contribution is 2.25. The van der Waals surface area contributed by atoms with E-state index in [4.69, 9.17) is 4.74 Å². The lowest BCUT2D eigenvalue weighted by Gasteiger charge is -2.22. The van der Waals surface area contributed by atoms with Gasteiger partial charge in [0.05, 0.1) is 12.5 Å². The molecule has 0 amide bonds. The first-order valence-corrected chi connectivity index (χ1v) is 6.11. The summed E-state index contributed by atoms with van der Waals surface area (Å²) in [5.74, 6) is -0.249. The summed E-state index contributed by atoms with van der Waals surface area (Å²) in [6, 6.07) is 7.46. The topological polar surface area (TPSA) is 48.3 Å². The van der Waals surface area contributed by atoms with Gasteiger partial charge in [0, 0.05) is 29.2 Å². The van der Waals surface area contributed by atoms with Crippen molar-refractivity contribution >= 4 is 23.2 Å². The van der Waals surface area contributed by atoms with Crippen molar-refractivity contribution in [3.05, 3.63) is 36.0 Å². The van der Waals surface area contributed by atoms with Gasteiger partial charge >= 0.3 is 5.97 Å². The second-order valence-electron chi connectivity index (χ2n) is 5.22. The van der Waals surface area contributed by atoms with Crippen molar-refractivity contribution in [2.45, 2.75) is 20.4 Å². The number of esters is 1. The molecule has 0 aliphatic heterocycles. The van der Waals surface area contributed by atoms with Crippen LogP contribution in [0.25, 0.3) is 10.9 Å². The minimum atomic E-state index is -0.613. The third-order valence-corrected chi connectivity index (χ3v) is 3.28. The molecule has 0 atom stereocenters. The third kappa shape index (κ3) is 2.38. The van der Waals surface area contributed by atoms with Gasteiger partial charge in [-0.1, -0.05) is 12.1 Å². The molecule has 4 nitrogen and oxygen atoms in total. The number of carbonyl (C=O) groups excluding carboxylic acids is 2. The lowest BCUT2D eigenvalue weighted by molar-refractivity contribution is -0.151. The molecule has 1 aromatic heterocycles. The molecule has 2 rings (SSSR count). The molecule has 0 bridgehead atoms. The minimum absolute atomic E-state index is 0.249. The van der Waals surface area contributed by atoms with Crippen LogP contribution in [-0.4, -0.2) is 23.9 Å². The van der Waals surface area contributed by atoms with Crippen molar-refractivity contribution in [1.82, 2.24) is 4.57 Å². The number of aldehydes is 1. The van der Waals surface area contributed by atoms with Gasteiger partial charge in [-0.25, -0.2) is 0 Å². The fourth-order valence-corrected chi connectivity index (χ4v) is 2.25. The molecular weight excluding hydrogens is 242 g/mol. The summed E-state index contributed by atoms with van der Waals surface area (Å²) in [4.78, 5) is 22.7. The van der Waals surface area contributed by atoms with Gasteiger partial charge in [-0.2, -0.15) is 0 Å². The van der Waals surface area contributed by atoms with Crippen LogP contribution in [0.5, 0.6) is 0 Å². The molecule has 0 saturated carbocycles. The van der Waals surface area contributed by atoms with E-state index < -0.39 is 5.41 Å². The Morgan fingerprint density at radius 3 is 2.74 bits per heavy atom. The summed E-state index contributed by atoms with van der Waals surface area (Å²) in [5.41, 5.74) is 0.992. The van der Waals surface area contributed by atoms with Crippen molar-refractivity contribution in [1.29, 1.82) is 0 Å². The van der Waals surface area contributed by atoms with E-state index >= 15 is 0 Å². The number of ether oxygens (including phenoxy) is 1. The molecule has 2 aromatic rings. The van der Waals surface area contributed by atoms with E-state index in [1.54, 1.807) is 6.07 Å². The molecule has 0 N–H and O–H groups in total. The van der Waals surface area contributed by atoms with E-state index in [1.165, 1.54) is 7.11 Å². The fraction of sp³-hybridized carbons (Fsp3) is 0.333. The fourth-order valence-electron chi connectivity index (χ4n) is 2.25. The number of benzene rings is 1. The molecule has 4 heteroatoms. The van der Waals surface area contributed by atoms with Crippen LogP contribution in [0.3, 0.4) is 0 Å². The number of nitrogens with zero attached hydrogens (tertiary/aromatic N) is 1. The molecular formula is C15H17NO3. The van der Waals surface area contributed by atoms with E-state index in [9.17, 15) is 9.59 Å². The second kappa shape index (κ2) is 4.88. The van der Waals surface area contributed by atoms with Crippen LogP contribution in [-0.2, 0) is 16.1 Å². The maximum absolute atomic E-state index is 11.7. The highest BCUT2D eigenvalue weighted by molar-refractivity contribution is 5.97. The Hall–Kier alpha value is -2.10. The first-order valence-electron chi connectivity index (χ1n) is 6.11. The molecule has 1 heterocycles. The number of carbonyl (C=O) groups is 2. The summed E-state index contributed by atoms with van der Waals surface area (Å²) < 4.78 is 6.78. The Bertz CT molecular complexity index is 625. The average Bonchev–Trinajstić information content (AvgIpc) is 2.80. The maximum Gasteiger partial charge on any atom is 0.313 e. The molecule has 0 fully saturated rings. The maximum atomic E-state index is 11.7. The van der Waals surface area contributed by atoms with Crippen LogP contribution in [0.4, 0.5) is 0 Å². The first-order chi connectivity index (χ1) is 8.99. The van der Waals surface area contributed by atoms with Crippen LogP contribution >= 0.6 is 0 Å². The van der Waals surface area contributed by atoms with Gasteiger partial charge in [0.25, 0.3) is 0 Å². The van der Waals surface area contributed by atoms with Gasteiger partial charge in [-0.05, 0) is 26.0 Å². The van der Waals surface area contributed by atoms with Crippen LogP contribution in [0.15, 0.2) is 30.5 Å². The van der Waals surface area contributed by atoms with Crippen molar-refractivity contribution < 1.29 is 14.3 Å². The highest BCUT2D eigenvalue weighted by atomic mass is 16.5. The molecule has 0 aliphatic rings. The molecule has 0 aliphatic carbocycles. The van der Waals surface area contributed by atoms with E-state index in [-0.39, 0.29) is 5.97 Å². The minimum Gasteiger partial charge on any atom is -0.469 e. The Labute approximate surface area is 112 Å². The van der Waals surface area contributed by atoms with Crippen LogP contribution in [0.2, 0.25) is 0 Å². The molecule has 19 heavy (non-hydrogen) atoms. The lowest BCUT2D eigenvalue weighted by Crippen LogP contribution is -2.30. The molecule has 0 saturated heterocycles. The smallest absolute Gasteiger partial charge is 0.313 e. The second-order valence-corrected chi connectivity index (χ2v) is 5.22. The summed E-state index contributed by atoms with van der Waals surface area (Å²) in [6.07, 6.45) is 2.74. The molecule has 1 aromatic carbocycles. The van der Waals surface area contributed by atoms with E-state index in [0.29, 0.717) is 12.1 Å². The standard InChI is InChI=1S/C15H17NO3/c1-15(2,14(18)19-3)10-16-8-7-12-11(9-17)5-4-6-13(12)16/h4-9H,10H2,1-3H3. The SMILES string of the molecule is COC(=O)C(C)(C)Cn1ccc2c(C=O)cccc21. The normalized spacial score (nSPS) is 11.5. The van der Waals surface area contributed by atoms with Crippen molar-refractivity contribution in [3.8, 4) is 0 Å². The zero-order valence-corrected chi connectivity index (χ0v) is 11.3. The number of hydrogen-bond acceptors (Lipinski definition) is 3. The summed E-state index contributed by atoms with van der Waals surface area (Å²) in [7, 11) is 1.39. The predicted molar refractivity (Wildman–Crippen MR) is 73.1 cm³/mol. The first kappa shape index (κ1) is 13.3. The van der Waals surface area contributed by atoms with E-state index in [0.717, 1.165) is 17.2 Å².